The molecule has 2 aromatic rings. The van der Waals surface area contributed by atoms with Crippen LogP contribution in [0.2, 0.25) is 5.28 Å². The smallest absolute Gasteiger partial charge is 0.276 e. The normalized spacial score (nSPS) is 10.7. The first kappa shape index (κ1) is 14.7. The Morgan fingerprint density at radius 3 is 2.70 bits per heavy atom. The van der Waals surface area contributed by atoms with E-state index in [1.54, 1.807) is 6.07 Å². The molecule has 0 fully saturated rings. The van der Waals surface area contributed by atoms with E-state index in [1.165, 1.54) is 11.3 Å². The predicted octanol–water partition coefficient (Wildman–Crippen LogP) is 2.97. The van der Waals surface area contributed by atoms with Crippen LogP contribution in [-0.4, -0.2) is 26.9 Å². The summed E-state index contributed by atoms with van der Waals surface area (Å²) < 4.78 is 0. The lowest BCUT2D eigenvalue weighted by molar-refractivity contribution is 0.102. The van der Waals surface area contributed by atoms with Gasteiger partial charge >= 0.3 is 0 Å². The maximum absolute atomic E-state index is 12.1. The van der Waals surface area contributed by atoms with Crippen molar-refractivity contribution in [3.63, 3.8) is 0 Å². The molecule has 0 aliphatic rings. The summed E-state index contributed by atoms with van der Waals surface area (Å²) in [5.41, 5.74) is 1.05. The number of halogens is 1. The highest BCUT2D eigenvalue weighted by molar-refractivity contribution is 7.13. The molecule has 2 aromatic heterocycles. The lowest BCUT2D eigenvalue weighted by Gasteiger charge is -2.10. The van der Waals surface area contributed by atoms with Crippen molar-refractivity contribution >= 4 is 39.8 Å². The van der Waals surface area contributed by atoms with Crippen LogP contribution >= 0.6 is 22.9 Å². The SMILES string of the molecule is Cc1csc(NC(=O)c2cc(NC(C)C)nc(Cl)n2)n1. The first-order chi connectivity index (χ1) is 9.44. The lowest BCUT2D eigenvalue weighted by atomic mass is 10.3. The fourth-order valence-corrected chi connectivity index (χ4v) is 2.34. The van der Waals surface area contributed by atoms with E-state index >= 15 is 0 Å². The average Bonchev–Trinajstić information content (AvgIpc) is 2.73. The first-order valence-electron chi connectivity index (χ1n) is 5.98. The van der Waals surface area contributed by atoms with Gasteiger partial charge in [0.25, 0.3) is 5.91 Å². The molecule has 0 aliphatic heterocycles. The number of nitrogens with zero attached hydrogens (tertiary/aromatic N) is 3. The van der Waals surface area contributed by atoms with Gasteiger partial charge in [0.2, 0.25) is 5.28 Å². The van der Waals surface area contributed by atoms with Crippen LogP contribution in [0.3, 0.4) is 0 Å². The molecule has 0 unspecified atom stereocenters. The van der Waals surface area contributed by atoms with Crippen LogP contribution in [0.5, 0.6) is 0 Å². The second kappa shape index (κ2) is 6.15. The second-order valence-corrected chi connectivity index (χ2v) is 5.65. The number of hydrogen-bond acceptors (Lipinski definition) is 6. The average molecular weight is 312 g/mol. The van der Waals surface area contributed by atoms with Crippen molar-refractivity contribution in [2.75, 3.05) is 10.6 Å². The Kier molecular flexibility index (Phi) is 4.51. The standard InChI is InChI=1S/C12H14ClN5OS/c1-6(2)14-9-4-8(16-11(13)17-9)10(19)18-12-15-7(3)5-20-12/h4-6H,1-3H3,(H,14,16,17)(H,15,18,19). The van der Waals surface area contributed by atoms with Gasteiger partial charge in [0.05, 0.1) is 5.69 Å². The maximum Gasteiger partial charge on any atom is 0.276 e. The minimum atomic E-state index is -0.365. The van der Waals surface area contributed by atoms with Gasteiger partial charge < -0.3 is 5.32 Å². The molecule has 0 radical (unpaired) electrons. The van der Waals surface area contributed by atoms with E-state index in [2.05, 4.69) is 25.6 Å². The van der Waals surface area contributed by atoms with Crippen molar-refractivity contribution in [1.82, 2.24) is 15.0 Å². The molecule has 2 heterocycles. The highest BCUT2D eigenvalue weighted by Crippen LogP contribution is 2.17. The van der Waals surface area contributed by atoms with Crippen molar-refractivity contribution in [1.29, 1.82) is 0 Å². The fourth-order valence-electron chi connectivity index (χ4n) is 1.48. The van der Waals surface area contributed by atoms with Crippen LogP contribution < -0.4 is 10.6 Å². The topological polar surface area (TPSA) is 79.8 Å². The second-order valence-electron chi connectivity index (χ2n) is 4.45. The van der Waals surface area contributed by atoms with Crippen LogP contribution in [0.4, 0.5) is 10.9 Å². The molecule has 0 aliphatic carbocycles. The molecule has 8 heteroatoms. The molecule has 0 atom stereocenters. The molecular formula is C12H14ClN5OS. The summed E-state index contributed by atoms with van der Waals surface area (Å²) in [5, 5.41) is 8.17. The van der Waals surface area contributed by atoms with Crippen LogP contribution in [0.1, 0.15) is 30.0 Å². The summed E-state index contributed by atoms with van der Waals surface area (Å²) in [6.07, 6.45) is 0. The van der Waals surface area contributed by atoms with Gasteiger partial charge in [-0.2, -0.15) is 0 Å². The van der Waals surface area contributed by atoms with Gasteiger partial charge in [-0.3, -0.25) is 10.1 Å². The third-order valence-corrected chi connectivity index (χ3v) is 3.25. The van der Waals surface area contributed by atoms with Gasteiger partial charge in [0, 0.05) is 17.5 Å². The Bertz CT molecular complexity index is 628. The lowest BCUT2D eigenvalue weighted by Crippen LogP contribution is -2.17. The summed E-state index contributed by atoms with van der Waals surface area (Å²) in [6, 6.07) is 1.74. The zero-order valence-corrected chi connectivity index (χ0v) is 12.8. The summed E-state index contributed by atoms with van der Waals surface area (Å²) >= 11 is 7.19. The Labute approximate surface area is 125 Å². The monoisotopic (exact) mass is 311 g/mol. The molecule has 0 bridgehead atoms. The zero-order chi connectivity index (χ0) is 14.7. The number of thiazole rings is 1. The third kappa shape index (κ3) is 3.88. The number of hydrogen-bond donors (Lipinski definition) is 2. The van der Waals surface area contributed by atoms with Gasteiger partial charge in [0.1, 0.15) is 11.5 Å². The van der Waals surface area contributed by atoms with E-state index in [4.69, 9.17) is 11.6 Å². The highest BCUT2D eigenvalue weighted by Gasteiger charge is 2.13. The minimum absolute atomic E-state index is 0.0242. The predicted molar refractivity (Wildman–Crippen MR) is 80.6 cm³/mol. The summed E-state index contributed by atoms with van der Waals surface area (Å²) in [4.78, 5) is 24.2. The summed E-state index contributed by atoms with van der Waals surface area (Å²) in [5.74, 6) is 0.149. The molecular weight excluding hydrogens is 298 g/mol. The first-order valence-corrected chi connectivity index (χ1v) is 7.24. The molecule has 0 aromatic carbocycles. The van der Waals surface area contributed by atoms with E-state index in [9.17, 15) is 4.79 Å². The molecule has 1 amide bonds. The van der Waals surface area contributed by atoms with E-state index in [0.717, 1.165) is 5.69 Å². The van der Waals surface area contributed by atoms with Gasteiger partial charge in [-0.25, -0.2) is 15.0 Å². The van der Waals surface area contributed by atoms with E-state index in [-0.39, 0.29) is 22.9 Å². The number of rotatable bonds is 4. The van der Waals surface area contributed by atoms with Crippen molar-refractivity contribution in [3.05, 3.63) is 28.1 Å². The molecule has 0 saturated carbocycles. The Balaban J connectivity index is 2.18. The molecule has 6 nitrogen and oxygen atoms in total. The number of aryl methyl sites for hydroxylation is 1. The third-order valence-electron chi connectivity index (χ3n) is 2.21. The zero-order valence-electron chi connectivity index (χ0n) is 11.3. The molecule has 20 heavy (non-hydrogen) atoms. The Morgan fingerprint density at radius 2 is 2.10 bits per heavy atom. The quantitative estimate of drug-likeness (QED) is 0.849. The minimum Gasteiger partial charge on any atom is -0.368 e. The number of aromatic nitrogens is 3. The Morgan fingerprint density at radius 1 is 1.35 bits per heavy atom. The number of nitrogens with one attached hydrogen (secondary N) is 2. The molecule has 2 rings (SSSR count). The maximum atomic E-state index is 12.1. The summed E-state index contributed by atoms with van der Waals surface area (Å²) in [7, 11) is 0. The Hall–Kier alpha value is -1.73. The fraction of sp³-hybridized carbons (Fsp3) is 0.333. The van der Waals surface area contributed by atoms with Crippen molar-refractivity contribution in [3.8, 4) is 0 Å². The van der Waals surface area contributed by atoms with Crippen LogP contribution in [0.25, 0.3) is 0 Å². The van der Waals surface area contributed by atoms with Gasteiger partial charge in [-0.1, -0.05) is 0 Å². The molecule has 0 saturated heterocycles. The molecule has 2 N–H and O–H groups in total. The van der Waals surface area contributed by atoms with Crippen LogP contribution in [-0.2, 0) is 0 Å². The van der Waals surface area contributed by atoms with E-state index < -0.39 is 0 Å². The van der Waals surface area contributed by atoms with E-state index in [0.29, 0.717) is 10.9 Å². The van der Waals surface area contributed by atoms with Crippen molar-refractivity contribution in [2.24, 2.45) is 0 Å². The summed E-state index contributed by atoms with van der Waals surface area (Å²) in [6.45, 7) is 5.79. The largest absolute Gasteiger partial charge is 0.368 e. The number of anilines is 2. The molecule has 106 valence electrons. The van der Waals surface area contributed by atoms with Crippen LogP contribution in [0, 0.1) is 6.92 Å². The molecule has 0 spiro atoms. The van der Waals surface area contributed by atoms with Gasteiger partial charge in [0.15, 0.2) is 5.13 Å². The van der Waals surface area contributed by atoms with Crippen LogP contribution in [0.15, 0.2) is 11.4 Å². The van der Waals surface area contributed by atoms with Gasteiger partial charge in [-0.15, -0.1) is 11.3 Å². The van der Waals surface area contributed by atoms with Crippen molar-refractivity contribution < 1.29 is 4.79 Å². The highest BCUT2D eigenvalue weighted by atomic mass is 35.5. The number of carbonyl (C=O) groups excluding carboxylic acids is 1. The van der Waals surface area contributed by atoms with Crippen molar-refractivity contribution in [2.45, 2.75) is 26.8 Å². The van der Waals surface area contributed by atoms with Gasteiger partial charge in [-0.05, 0) is 32.4 Å². The van der Waals surface area contributed by atoms with E-state index in [1.807, 2.05) is 26.2 Å². The number of amides is 1. The number of carbonyl (C=O) groups is 1.